The van der Waals surface area contributed by atoms with Crippen LogP contribution < -0.4 is 5.32 Å². The van der Waals surface area contributed by atoms with Gasteiger partial charge in [0.05, 0.1) is 12.1 Å². The van der Waals surface area contributed by atoms with E-state index >= 15 is 0 Å². The summed E-state index contributed by atoms with van der Waals surface area (Å²) in [6.07, 6.45) is 10.0. The molecule has 7 heteroatoms. The zero-order valence-electron chi connectivity index (χ0n) is 12.8. The maximum absolute atomic E-state index is 12.6. The van der Waals surface area contributed by atoms with Gasteiger partial charge in [-0.25, -0.2) is 9.50 Å². The zero-order chi connectivity index (χ0) is 16.2. The van der Waals surface area contributed by atoms with Gasteiger partial charge in [-0.2, -0.15) is 5.10 Å². The third-order valence-corrected chi connectivity index (χ3v) is 4.42. The molecular weight excluding hydrogens is 296 g/mol. The van der Waals surface area contributed by atoms with Crippen molar-refractivity contribution in [1.82, 2.24) is 19.9 Å². The quantitative estimate of drug-likeness (QED) is 0.901. The lowest BCUT2D eigenvalue weighted by molar-refractivity contribution is -0.143. The largest absolute Gasteiger partial charge is 0.481 e. The fourth-order valence-electron chi connectivity index (χ4n) is 3.19. The molecule has 0 aliphatic heterocycles. The number of rotatable bonds is 3. The van der Waals surface area contributed by atoms with Crippen molar-refractivity contribution in [3.05, 3.63) is 30.2 Å². The normalized spacial score (nSPS) is 22.3. The Bertz CT molecular complexity index is 712. The van der Waals surface area contributed by atoms with Gasteiger partial charge in [0, 0.05) is 18.4 Å². The van der Waals surface area contributed by atoms with E-state index in [0.717, 1.165) is 25.7 Å². The van der Waals surface area contributed by atoms with Crippen LogP contribution >= 0.6 is 0 Å². The molecule has 1 aliphatic rings. The van der Waals surface area contributed by atoms with Crippen molar-refractivity contribution in [2.45, 2.75) is 44.6 Å². The molecule has 2 atom stereocenters. The van der Waals surface area contributed by atoms with Crippen LogP contribution in [0.3, 0.4) is 0 Å². The van der Waals surface area contributed by atoms with E-state index in [9.17, 15) is 14.7 Å². The molecule has 0 spiro atoms. The molecule has 2 heterocycles. The highest BCUT2D eigenvalue weighted by molar-refractivity contribution is 5.99. The minimum absolute atomic E-state index is 0.310. The topological polar surface area (TPSA) is 96.6 Å². The average Bonchev–Trinajstić information content (AvgIpc) is 2.93. The minimum Gasteiger partial charge on any atom is -0.481 e. The maximum atomic E-state index is 12.6. The smallest absolute Gasteiger partial charge is 0.308 e. The fraction of sp³-hybridized carbons (Fsp3) is 0.500. The van der Waals surface area contributed by atoms with Gasteiger partial charge in [-0.15, -0.1) is 0 Å². The van der Waals surface area contributed by atoms with E-state index in [1.54, 1.807) is 18.5 Å². The van der Waals surface area contributed by atoms with Crippen LogP contribution in [0.2, 0.25) is 0 Å². The predicted octanol–water partition coefficient (Wildman–Crippen LogP) is 1.88. The SMILES string of the molecule is O=C(NC1CCCCCCC1C(=O)O)c1cnn2cccnc12. The van der Waals surface area contributed by atoms with Crippen molar-refractivity contribution < 1.29 is 14.7 Å². The summed E-state index contributed by atoms with van der Waals surface area (Å²) in [5, 5.41) is 16.5. The second-order valence-electron chi connectivity index (χ2n) is 5.96. The number of nitrogens with zero attached hydrogens (tertiary/aromatic N) is 3. The molecule has 122 valence electrons. The van der Waals surface area contributed by atoms with Crippen LogP contribution in [0.5, 0.6) is 0 Å². The molecule has 2 aromatic rings. The summed E-state index contributed by atoms with van der Waals surface area (Å²) in [7, 11) is 0. The summed E-state index contributed by atoms with van der Waals surface area (Å²) in [4.78, 5) is 28.3. The molecule has 23 heavy (non-hydrogen) atoms. The Kier molecular flexibility index (Phi) is 4.55. The first-order valence-electron chi connectivity index (χ1n) is 7.99. The third-order valence-electron chi connectivity index (χ3n) is 4.42. The number of nitrogens with one attached hydrogen (secondary N) is 1. The molecule has 0 aromatic carbocycles. The molecular formula is C16H20N4O3. The zero-order valence-corrected chi connectivity index (χ0v) is 12.8. The summed E-state index contributed by atoms with van der Waals surface area (Å²) in [6.45, 7) is 0. The molecule has 1 saturated carbocycles. The van der Waals surface area contributed by atoms with Crippen molar-refractivity contribution in [3.8, 4) is 0 Å². The lowest BCUT2D eigenvalue weighted by Gasteiger charge is -2.27. The van der Waals surface area contributed by atoms with E-state index in [1.165, 1.54) is 10.7 Å². The highest BCUT2D eigenvalue weighted by Crippen LogP contribution is 2.23. The first-order chi connectivity index (χ1) is 11.2. The molecule has 1 aliphatic carbocycles. The molecule has 0 radical (unpaired) electrons. The number of carboxylic acid groups (broad SMARTS) is 1. The van der Waals surface area contributed by atoms with Crippen molar-refractivity contribution in [2.75, 3.05) is 0 Å². The minimum atomic E-state index is -0.838. The van der Waals surface area contributed by atoms with Crippen LogP contribution in [0.4, 0.5) is 0 Å². The Morgan fingerprint density at radius 3 is 2.78 bits per heavy atom. The Morgan fingerprint density at radius 2 is 2.00 bits per heavy atom. The van der Waals surface area contributed by atoms with E-state index in [4.69, 9.17) is 0 Å². The van der Waals surface area contributed by atoms with Crippen LogP contribution in [-0.4, -0.2) is 37.6 Å². The van der Waals surface area contributed by atoms with Crippen LogP contribution in [-0.2, 0) is 4.79 Å². The fourth-order valence-corrected chi connectivity index (χ4v) is 3.19. The number of carbonyl (C=O) groups excluding carboxylic acids is 1. The number of hydrogen-bond acceptors (Lipinski definition) is 4. The van der Waals surface area contributed by atoms with E-state index < -0.39 is 11.9 Å². The van der Waals surface area contributed by atoms with E-state index in [2.05, 4.69) is 15.4 Å². The van der Waals surface area contributed by atoms with Gasteiger partial charge in [-0.1, -0.05) is 25.7 Å². The van der Waals surface area contributed by atoms with E-state index in [1.807, 2.05) is 0 Å². The molecule has 2 aromatic heterocycles. The molecule has 0 bridgehead atoms. The third kappa shape index (κ3) is 3.33. The Balaban J connectivity index is 1.80. The maximum Gasteiger partial charge on any atom is 0.308 e. The van der Waals surface area contributed by atoms with Crippen molar-refractivity contribution in [3.63, 3.8) is 0 Å². The number of fused-ring (bicyclic) bond motifs is 1. The Morgan fingerprint density at radius 1 is 1.22 bits per heavy atom. The predicted molar refractivity (Wildman–Crippen MR) is 83.1 cm³/mol. The van der Waals surface area contributed by atoms with Gasteiger partial charge >= 0.3 is 5.97 Å². The highest BCUT2D eigenvalue weighted by Gasteiger charge is 2.30. The van der Waals surface area contributed by atoms with Gasteiger partial charge in [0.1, 0.15) is 5.56 Å². The summed E-state index contributed by atoms with van der Waals surface area (Å²) >= 11 is 0. The van der Waals surface area contributed by atoms with Gasteiger partial charge in [-0.05, 0) is 18.9 Å². The van der Waals surface area contributed by atoms with Crippen LogP contribution in [0, 0.1) is 5.92 Å². The van der Waals surface area contributed by atoms with Crippen molar-refractivity contribution in [2.24, 2.45) is 5.92 Å². The van der Waals surface area contributed by atoms with Gasteiger partial charge in [-0.3, -0.25) is 9.59 Å². The first kappa shape index (κ1) is 15.5. The summed E-state index contributed by atoms with van der Waals surface area (Å²) in [5.41, 5.74) is 0.847. The van der Waals surface area contributed by atoms with Gasteiger partial charge in [0.2, 0.25) is 0 Å². The van der Waals surface area contributed by atoms with E-state index in [0.29, 0.717) is 24.1 Å². The number of carboxylic acids is 1. The second kappa shape index (κ2) is 6.76. The Hall–Kier alpha value is -2.44. The molecule has 0 saturated heterocycles. The van der Waals surface area contributed by atoms with Crippen molar-refractivity contribution >= 4 is 17.5 Å². The molecule has 1 fully saturated rings. The van der Waals surface area contributed by atoms with Crippen LogP contribution in [0.15, 0.2) is 24.7 Å². The Labute approximate surface area is 133 Å². The molecule has 1 amide bonds. The summed E-state index contributed by atoms with van der Waals surface area (Å²) in [6, 6.07) is 1.38. The summed E-state index contributed by atoms with van der Waals surface area (Å²) < 4.78 is 1.53. The standard InChI is InChI=1S/C16H20N4O3/c21-15(12-10-18-20-9-5-8-17-14(12)20)19-13-7-4-2-1-3-6-11(13)16(22)23/h5,8-11,13H,1-4,6-7H2,(H,19,21)(H,22,23). The van der Waals surface area contributed by atoms with Crippen LogP contribution in [0.1, 0.15) is 48.9 Å². The van der Waals surface area contributed by atoms with Gasteiger partial charge < -0.3 is 10.4 Å². The van der Waals surface area contributed by atoms with Gasteiger partial charge in [0.15, 0.2) is 5.65 Å². The number of amides is 1. The number of aromatic nitrogens is 3. The first-order valence-corrected chi connectivity index (χ1v) is 7.99. The van der Waals surface area contributed by atoms with Crippen molar-refractivity contribution in [1.29, 1.82) is 0 Å². The summed E-state index contributed by atoms with van der Waals surface area (Å²) in [5.74, 6) is -1.68. The number of aliphatic carboxylic acids is 1. The molecule has 7 nitrogen and oxygen atoms in total. The molecule has 3 rings (SSSR count). The van der Waals surface area contributed by atoms with Crippen LogP contribution in [0.25, 0.3) is 5.65 Å². The lowest BCUT2D eigenvalue weighted by Crippen LogP contribution is -2.43. The number of hydrogen-bond donors (Lipinski definition) is 2. The second-order valence-corrected chi connectivity index (χ2v) is 5.96. The molecule has 2 N–H and O–H groups in total. The van der Waals surface area contributed by atoms with Gasteiger partial charge in [0.25, 0.3) is 5.91 Å². The molecule has 2 unspecified atom stereocenters. The highest BCUT2D eigenvalue weighted by atomic mass is 16.4. The number of carbonyl (C=O) groups is 2. The monoisotopic (exact) mass is 316 g/mol. The average molecular weight is 316 g/mol. The lowest BCUT2D eigenvalue weighted by atomic mass is 9.86. The van der Waals surface area contributed by atoms with E-state index in [-0.39, 0.29) is 11.9 Å².